The van der Waals surface area contributed by atoms with Crippen LogP contribution in [0.3, 0.4) is 0 Å². The Hall–Kier alpha value is -3.22. The van der Waals surface area contributed by atoms with Crippen LogP contribution in [0.15, 0.2) is 48.8 Å². The van der Waals surface area contributed by atoms with Crippen LogP contribution in [0.1, 0.15) is 16.8 Å². The molecule has 1 aromatic heterocycles. The number of carbonyl (C=O) groups is 3. The lowest BCUT2D eigenvalue weighted by molar-refractivity contribution is -0.122. The van der Waals surface area contributed by atoms with E-state index in [1.807, 2.05) is 0 Å². The summed E-state index contributed by atoms with van der Waals surface area (Å²) in [5.41, 5.74) is 6.55. The monoisotopic (exact) mass is 324 g/mol. The summed E-state index contributed by atoms with van der Waals surface area (Å²) in [6, 6.07) is 10.0. The fraction of sp³-hybridized carbons (Fsp3) is 0.176. The summed E-state index contributed by atoms with van der Waals surface area (Å²) in [5, 5.41) is 2.69. The van der Waals surface area contributed by atoms with Crippen molar-refractivity contribution in [3.8, 4) is 0 Å². The molecule has 1 saturated heterocycles. The molecule has 3 rings (SSSR count). The van der Waals surface area contributed by atoms with E-state index in [9.17, 15) is 14.4 Å². The van der Waals surface area contributed by atoms with Gasteiger partial charge in [-0.05, 0) is 24.3 Å². The molecular weight excluding hydrogens is 308 g/mol. The van der Waals surface area contributed by atoms with Crippen molar-refractivity contribution in [3.05, 3.63) is 54.4 Å². The molecule has 1 aromatic carbocycles. The van der Waals surface area contributed by atoms with E-state index in [0.29, 0.717) is 11.4 Å². The van der Waals surface area contributed by atoms with Crippen LogP contribution in [0.5, 0.6) is 0 Å². The van der Waals surface area contributed by atoms with Gasteiger partial charge in [-0.2, -0.15) is 0 Å². The number of nitrogens with one attached hydrogen (secondary N) is 1. The maximum absolute atomic E-state index is 12.5. The summed E-state index contributed by atoms with van der Waals surface area (Å²) >= 11 is 0. The maximum atomic E-state index is 12.5. The van der Waals surface area contributed by atoms with Crippen LogP contribution in [-0.2, 0) is 9.59 Å². The second-order valence-corrected chi connectivity index (χ2v) is 5.52. The summed E-state index contributed by atoms with van der Waals surface area (Å²) in [7, 11) is 0. The van der Waals surface area contributed by atoms with Crippen LogP contribution in [0.2, 0.25) is 0 Å². The fourth-order valence-electron chi connectivity index (χ4n) is 2.69. The molecular formula is C17H16N4O3. The molecule has 1 aliphatic rings. The number of para-hydroxylation sites is 1. The molecule has 7 nitrogen and oxygen atoms in total. The quantitative estimate of drug-likeness (QED) is 0.880. The highest BCUT2D eigenvalue weighted by Crippen LogP contribution is 2.25. The van der Waals surface area contributed by atoms with E-state index < -0.39 is 11.8 Å². The van der Waals surface area contributed by atoms with Gasteiger partial charge in [0.05, 0.1) is 29.1 Å². The van der Waals surface area contributed by atoms with Gasteiger partial charge < -0.3 is 16.0 Å². The maximum Gasteiger partial charge on any atom is 0.250 e. The average molecular weight is 324 g/mol. The lowest BCUT2D eigenvalue weighted by Gasteiger charge is -2.16. The van der Waals surface area contributed by atoms with Crippen LogP contribution in [0.4, 0.5) is 11.4 Å². The third-order valence-corrected chi connectivity index (χ3v) is 3.90. The van der Waals surface area contributed by atoms with Crippen molar-refractivity contribution in [2.45, 2.75) is 6.42 Å². The molecule has 3 amide bonds. The Morgan fingerprint density at radius 2 is 2.00 bits per heavy atom. The summed E-state index contributed by atoms with van der Waals surface area (Å²) < 4.78 is 0. The van der Waals surface area contributed by atoms with Gasteiger partial charge in [-0.15, -0.1) is 0 Å². The number of benzene rings is 1. The van der Waals surface area contributed by atoms with Gasteiger partial charge in [0.2, 0.25) is 11.8 Å². The van der Waals surface area contributed by atoms with E-state index in [-0.39, 0.29) is 30.3 Å². The molecule has 1 aliphatic heterocycles. The first-order chi connectivity index (χ1) is 11.6. The van der Waals surface area contributed by atoms with Gasteiger partial charge in [0.15, 0.2) is 0 Å². The van der Waals surface area contributed by atoms with E-state index in [4.69, 9.17) is 5.73 Å². The molecule has 1 fully saturated rings. The number of pyridine rings is 1. The number of amides is 3. The molecule has 122 valence electrons. The summed E-state index contributed by atoms with van der Waals surface area (Å²) in [4.78, 5) is 41.6. The molecule has 3 N–H and O–H groups in total. The molecule has 0 radical (unpaired) electrons. The minimum absolute atomic E-state index is 0.111. The fourth-order valence-corrected chi connectivity index (χ4v) is 2.69. The topological polar surface area (TPSA) is 105 Å². The minimum atomic E-state index is -0.620. The zero-order valence-electron chi connectivity index (χ0n) is 12.8. The number of anilines is 2. The summed E-state index contributed by atoms with van der Waals surface area (Å²) in [5.74, 6) is -1.57. The van der Waals surface area contributed by atoms with E-state index in [1.165, 1.54) is 4.90 Å². The number of carbonyl (C=O) groups excluding carboxylic acids is 3. The predicted molar refractivity (Wildman–Crippen MR) is 88.3 cm³/mol. The van der Waals surface area contributed by atoms with Crippen molar-refractivity contribution in [3.63, 3.8) is 0 Å². The predicted octanol–water partition coefficient (Wildman–Crippen LogP) is 1.17. The van der Waals surface area contributed by atoms with Crippen molar-refractivity contribution >= 4 is 29.1 Å². The van der Waals surface area contributed by atoms with Crippen LogP contribution in [-0.4, -0.2) is 29.3 Å². The summed E-state index contributed by atoms with van der Waals surface area (Å²) in [6.07, 6.45) is 3.31. The number of rotatable bonds is 4. The minimum Gasteiger partial charge on any atom is -0.366 e. The molecule has 2 heterocycles. The normalized spacial score (nSPS) is 16.9. The first-order valence-electron chi connectivity index (χ1n) is 7.46. The zero-order chi connectivity index (χ0) is 17.1. The van der Waals surface area contributed by atoms with Gasteiger partial charge in [0.1, 0.15) is 0 Å². The van der Waals surface area contributed by atoms with Gasteiger partial charge in [-0.25, -0.2) is 0 Å². The highest BCUT2D eigenvalue weighted by molar-refractivity contribution is 6.06. The molecule has 0 saturated carbocycles. The smallest absolute Gasteiger partial charge is 0.250 e. The Morgan fingerprint density at radius 3 is 2.71 bits per heavy atom. The number of hydrogen-bond acceptors (Lipinski definition) is 4. The first-order valence-corrected chi connectivity index (χ1v) is 7.46. The molecule has 0 aliphatic carbocycles. The molecule has 2 aromatic rings. The van der Waals surface area contributed by atoms with E-state index in [2.05, 4.69) is 10.3 Å². The third kappa shape index (κ3) is 3.10. The van der Waals surface area contributed by atoms with Gasteiger partial charge in [-0.3, -0.25) is 19.4 Å². The van der Waals surface area contributed by atoms with Gasteiger partial charge >= 0.3 is 0 Å². The van der Waals surface area contributed by atoms with Gasteiger partial charge in [-0.1, -0.05) is 12.1 Å². The molecule has 0 bridgehead atoms. The molecule has 1 atom stereocenters. The second kappa shape index (κ2) is 6.49. The molecule has 1 unspecified atom stereocenters. The zero-order valence-corrected chi connectivity index (χ0v) is 12.8. The highest BCUT2D eigenvalue weighted by atomic mass is 16.2. The second-order valence-electron chi connectivity index (χ2n) is 5.52. The number of nitrogens with zero attached hydrogens (tertiary/aromatic N) is 2. The number of primary amides is 1. The van der Waals surface area contributed by atoms with Crippen molar-refractivity contribution < 1.29 is 14.4 Å². The standard InChI is InChI=1S/C17H16N4O3/c18-16(23)13-5-1-2-6-14(13)20-17(24)11-8-15(22)21(10-11)12-4-3-7-19-9-12/h1-7,9,11H,8,10H2,(H2,18,23)(H,20,24). The SMILES string of the molecule is NC(=O)c1ccccc1NC(=O)C1CC(=O)N(c2cccnc2)C1. The van der Waals surface area contributed by atoms with Crippen molar-refractivity contribution in [2.75, 3.05) is 16.8 Å². The molecule has 7 heteroatoms. The van der Waals surface area contributed by atoms with E-state index in [1.54, 1.807) is 48.8 Å². The number of nitrogens with two attached hydrogens (primary N) is 1. The van der Waals surface area contributed by atoms with Gasteiger partial charge in [0.25, 0.3) is 5.91 Å². The number of aromatic nitrogens is 1. The lowest BCUT2D eigenvalue weighted by atomic mass is 10.1. The van der Waals surface area contributed by atoms with Crippen molar-refractivity contribution in [2.24, 2.45) is 11.7 Å². The van der Waals surface area contributed by atoms with Crippen LogP contribution < -0.4 is 16.0 Å². The Labute approximate surface area is 138 Å². The highest BCUT2D eigenvalue weighted by Gasteiger charge is 2.35. The largest absolute Gasteiger partial charge is 0.366 e. The Bertz CT molecular complexity index is 791. The Balaban J connectivity index is 1.73. The lowest BCUT2D eigenvalue weighted by Crippen LogP contribution is -2.28. The molecule has 24 heavy (non-hydrogen) atoms. The van der Waals surface area contributed by atoms with Crippen LogP contribution >= 0.6 is 0 Å². The Morgan fingerprint density at radius 1 is 1.21 bits per heavy atom. The Kier molecular flexibility index (Phi) is 4.24. The first kappa shape index (κ1) is 15.7. The van der Waals surface area contributed by atoms with E-state index in [0.717, 1.165) is 0 Å². The average Bonchev–Trinajstić information content (AvgIpc) is 2.98. The van der Waals surface area contributed by atoms with Crippen LogP contribution in [0.25, 0.3) is 0 Å². The van der Waals surface area contributed by atoms with E-state index >= 15 is 0 Å². The van der Waals surface area contributed by atoms with Crippen molar-refractivity contribution in [1.82, 2.24) is 4.98 Å². The molecule has 0 spiro atoms. The summed E-state index contributed by atoms with van der Waals surface area (Å²) in [6.45, 7) is 0.273. The van der Waals surface area contributed by atoms with Crippen molar-refractivity contribution in [1.29, 1.82) is 0 Å². The van der Waals surface area contributed by atoms with Gasteiger partial charge in [0, 0.05) is 19.2 Å². The third-order valence-electron chi connectivity index (χ3n) is 3.90. The number of hydrogen-bond donors (Lipinski definition) is 2. The van der Waals surface area contributed by atoms with Crippen LogP contribution in [0, 0.1) is 5.92 Å².